The lowest BCUT2D eigenvalue weighted by Gasteiger charge is -2.37. The zero-order valence-electron chi connectivity index (χ0n) is 33.1. The summed E-state index contributed by atoms with van der Waals surface area (Å²) in [6, 6.07) is 12.9. The highest BCUT2D eigenvalue weighted by Gasteiger charge is 2.38. The van der Waals surface area contributed by atoms with Gasteiger partial charge in [0.1, 0.15) is 38.4 Å². The van der Waals surface area contributed by atoms with Crippen LogP contribution in [0, 0.1) is 0 Å². The largest absolute Gasteiger partial charge is 0.481 e. The van der Waals surface area contributed by atoms with Crippen LogP contribution in [0.2, 0.25) is 0 Å². The Hall–Kier alpha value is -6.91. The Morgan fingerprint density at radius 3 is 2.26 bits per heavy atom. The van der Waals surface area contributed by atoms with Gasteiger partial charge >= 0.3 is 23.8 Å². The van der Waals surface area contributed by atoms with Crippen molar-refractivity contribution in [2.45, 2.75) is 44.2 Å². The molecule has 22 nitrogen and oxygen atoms in total. The highest BCUT2D eigenvalue weighted by molar-refractivity contribution is 5.95. The fraction of sp³-hybridized carbons (Fsp3) is 0.410. The van der Waals surface area contributed by atoms with Crippen LogP contribution in [0.5, 0.6) is 0 Å². The van der Waals surface area contributed by atoms with Crippen LogP contribution in [0.4, 0.5) is 5.88 Å². The van der Waals surface area contributed by atoms with Crippen LogP contribution in [-0.4, -0.2) is 139 Å². The molecule has 0 aliphatic carbocycles. The van der Waals surface area contributed by atoms with Crippen molar-refractivity contribution in [1.82, 2.24) is 25.3 Å². The van der Waals surface area contributed by atoms with Crippen LogP contribution in [0.1, 0.15) is 32.1 Å². The quantitative estimate of drug-likeness (QED) is 0.0143. The van der Waals surface area contributed by atoms with E-state index in [2.05, 4.69) is 15.6 Å². The predicted molar refractivity (Wildman–Crippen MR) is 216 cm³/mol. The van der Waals surface area contributed by atoms with Crippen molar-refractivity contribution in [3.8, 4) is 11.1 Å². The molecular weight excluding hydrogens is 804 g/mol. The number of guanidine groups is 1. The van der Waals surface area contributed by atoms with Crippen molar-refractivity contribution in [1.29, 1.82) is 0 Å². The van der Waals surface area contributed by atoms with E-state index in [-0.39, 0.29) is 61.1 Å². The molecular formula is C39H49N8O14+. The molecule has 0 unspecified atom stereocenters. The summed E-state index contributed by atoms with van der Waals surface area (Å²) in [6.45, 7) is -1.79. The van der Waals surface area contributed by atoms with Crippen molar-refractivity contribution >= 4 is 64.3 Å². The second-order valence-corrected chi connectivity index (χ2v) is 13.9. The van der Waals surface area contributed by atoms with Crippen LogP contribution in [0.15, 0.2) is 68.8 Å². The number of carbonyl (C=O) groups excluding carboxylic acids is 5. The van der Waals surface area contributed by atoms with E-state index in [9.17, 15) is 43.5 Å². The van der Waals surface area contributed by atoms with E-state index in [1.54, 1.807) is 12.1 Å². The second-order valence-electron chi connectivity index (χ2n) is 13.9. The van der Waals surface area contributed by atoms with Crippen LogP contribution in [0.3, 0.4) is 0 Å². The summed E-state index contributed by atoms with van der Waals surface area (Å²) >= 11 is 0. The van der Waals surface area contributed by atoms with Gasteiger partial charge in [-0.05, 0) is 24.5 Å². The Morgan fingerprint density at radius 2 is 1.61 bits per heavy atom. The molecule has 1 fully saturated rings. The molecule has 0 saturated carbocycles. The summed E-state index contributed by atoms with van der Waals surface area (Å²) in [5, 5.41) is 34.9. The highest BCUT2D eigenvalue weighted by Crippen LogP contribution is 2.33. The first-order valence-corrected chi connectivity index (χ1v) is 19.1. The number of nitrogens with two attached hydrogens (primary N) is 2. The average Bonchev–Trinajstić information content (AvgIpc) is 3.24. The SMILES string of the molecule is NC(N)=NCCC[C@@H](C(=O)NCC(=O)N[C@@H](CC(=O)O)C(=O)NCC(=O)O)N(CO)C(=O)CCC(=O)OC[N+]1(c2cc(=O)c3cccc(-c4ccccc4)c3o2)CCOCC1. The van der Waals surface area contributed by atoms with E-state index >= 15 is 0 Å². The number of para-hydroxylation sites is 1. The van der Waals surface area contributed by atoms with Gasteiger partial charge in [0.05, 0.1) is 44.1 Å². The number of carboxylic acid groups (broad SMARTS) is 2. The zero-order chi connectivity index (χ0) is 44.5. The van der Waals surface area contributed by atoms with Crippen LogP contribution >= 0.6 is 0 Å². The van der Waals surface area contributed by atoms with Gasteiger partial charge in [0.15, 0.2) is 17.0 Å². The standard InChI is InChI=1S/C39H48N8O14/c40-39(41)42-13-5-10-28(38(58)43-20-30(50)45-27(18-33(52)53)37(57)44-21-34(54)55)46(22-48)31(51)11-12-35(56)60-23-47(14-16-59-17-15-47)32-19-29(49)26-9-4-8-25(36(26)61-32)24-6-2-1-3-7-24/h1-4,6-9,19,27-28,48H,5,10-18,20-23H2,(H8-,40,41,42,43,44,45,50,52,53,54,55,57,58)/p+1/t27-,28-/m0/s1. The number of ether oxygens (including phenoxy) is 2. The maximum atomic E-state index is 13.5. The lowest BCUT2D eigenvalue weighted by atomic mass is 10.0. The molecule has 0 spiro atoms. The monoisotopic (exact) mass is 853 g/mol. The minimum atomic E-state index is -1.69. The number of benzene rings is 2. The summed E-state index contributed by atoms with van der Waals surface area (Å²) < 4.78 is 17.6. The maximum absolute atomic E-state index is 13.5. The first-order chi connectivity index (χ1) is 29.1. The zero-order valence-corrected chi connectivity index (χ0v) is 33.1. The molecule has 61 heavy (non-hydrogen) atoms. The number of morpholine rings is 1. The Labute approximate surface area is 348 Å². The van der Waals surface area contributed by atoms with Crippen molar-refractivity contribution in [2.75, 3.05) is 59.4 Å². The molecule has 0 bridgehead atoms. The summed E-state index contributed by atoms with van der Waals surface area (Å²) in [5.74, 6) is -7.62. The van der Waals surface area contributed by atoms with Crippen molar-refractivity contribution < 1.29 is 62.8 Å². The number of aliphatic hydroxyl groups excluding tert-OH is 1. The molecule has 1 aromatic heterocycles. The Bertz CT molecular complexity index is 2150. The molecule has 1 aliphatic heterocycles. The van der Waals surface area contributed by atoms with Gasteiger partial charge in [-0.25, -0.2) is 4.48 Å². The number of hydrogen-bond acceptors (Lipinski definition) is 13. The Kier molecular flexibility index (Phi) is 17.2. The molecule has 2 atom stereocenters. The van der Waals surface area contributed by atoms with Crippen molar-refractivity contribution in [2.24, 2.45) is 16.5 Å². The van der Waals surface area contributed by atoms with Crippen LogP contribution in [0.25, 0.3) is 22.1 Å². The van der Waals surface area contributed by atoms with Crippen LogP contribution < -0.4 is 37.3 Å². The van der Waals surface area contributed by atoms with E-state index < -0.39 is 92.7 Å². The molecule has 4 rings (SSSR count). The molecule has 2 aromatic carbocycles. The molecule has 0 radical (unpaired) electrons. The van der Waals surface area contributed by atoms with Gasteiger partial charge < -0.3 is 61.5 Å². The van der Waals surface area contributed by atoms with E-state index in [0.29, 0.717) is 29.6 Å². The summed E-state index contributed by atoms with van der Waals surface area (Å²) in [5.41, 5.74) is 12.4. The van der Waals surface area contributed by atoms with Crippen molar-refractivity contribution in [3.63, 3.8) is 0 Å². The van der Waals surface area contributed by atoms with Gasteiger partial charge in [0.25, 0.3) is 0 Å². The van der Waals surface area contributed by atoms with Gasteiger partial charge in [0.2, 0.25) is 30.4 Å². The van der Waals surface area contributed by atoms with E-state index in [1.807, 2.05) is 41.7 Å². The summed E-state index contributed by atoms with van der Waals surface area (Å²) in [7, 11) is 0. The number of aliphatic carboxylic acids is 2. The number of quaternary nitrogens is 1. The van der Waals surface area contributed by atoms with E-state index in [1.165, 1.54) is 6.07 Å². The molecule has 2 heterocycles. The fourth-order valence-corrected chi connectivity index (χ4v) is 6.44. The number of aliphatic hydroxyl groups is 1. The number of fused-ring (bicyclic) bond motifs is 1. The third kappa shape index (κ3) is 13.6. The topological polar surface area (TPSA) is 333 Å². The second kappa shape index (κ2) is 22.5. The number of esters is 1. The van der Waals surface area contributed by atoms with Gasteiger partial charge in [-0.15, -0.1) is 0 Å². The minimum absolute atomic E-state index is 0.0185. The molecule has 4 amide bonds. The molecule has 3 aromatic rings. The summed E-state index contributed by atoms with van der Waals surface area (Å²) in [6.07, 6.45) is -1.93. The highest BCUT2D eigenvalue weighted by atomic mass is 16.6. The first-order valence-electron chi connectivity index (χ1n) is 19.1. The molecule has 10 N–H and O–H groups in total. The van der Waals surface area contributed by atoms with E-state index in [0.717, 1.165) is 10.5 Å². The predicted octanol–water partition coefficient (Wildman–Crippen LogP) is -1.44. The number of carboxylic acids is 2. The number of aliphatic imine (C=N–C) groups is 1. The first kappa shape index (κ1) is 46.8. The Morgan fingerprint density at radius 1 is 0.902 bits per heavy atom. The number of amides is 4. The smallest absolute Gasteiger partial charge is 0.322 e. The summed E-state index contributed by atoms with van der Waals surface area (Å²) in [4.78, 5) is 105. The van der Waals surface area contributed by atoms with Crippen molar-refractivity contribution in [3.05, 3.63) is 64.8 Å². The van der Waals surface area contributed by atoms with Gasteiger partial charge in [-0.3, -0.25) is 43.3 Å². The van der Waals surface area contributed by atoms with Gasteiger partial charge in [-0.2, -0.15) is 0 Å². The minimum Gasteiger partial charge on any atom is -0.481 e. The molecule has 1 saturated heterocycles. The average molecular weight is 854 g/mol. The van der Waals surface area contributed by atoms with Gasteiger partial charge in [0, 0.05) is 18.5 Å². The lowest BCUT2D eigenvalue weighted by molar-refractivity contribution is -0.153. The maximum Gasteiger partial charge on any atom is 0.322 e. The number of hydrogen-bond donors (Lipinski definition) is 8. The number of rotatable bonds is 22. The number of nitrogens with zero attached hydrogens (tertiary/aromatic N) is 3. The number of carbonyl (C=O) groups is 7. The lowest BCUT2D eigenvalue weighted by Crippen LogP contribution is -2.58. The van der Waals surface area contributed by atoms with Crippen LogP contribution in [-0.2, 0) is 43.0 Å². The Balaban J connectivity index is 1.44. The molecule has 328 valence electrons. The number of nitrogens with one attached hydrogen (secondary N) is 3. The van der Waals surface area contributed by atoms with Gasteiger partial charge in [-0.1, -0.05) is 42.5 Å². The third-order valence-electron chi connectivity index (χ3n) is 9.59. The normalized spacial score (nSPS) is 14.1. The third-order valence-corrected chi connectivity index (χ3v) is 9.59. The van der Waals surface area contributed by atoms with E-state index in [4.69, 9.17) is 35.6 Å². The molecule has 22 heteroatoms. The molecule has 1 aliphatic rings. The fourth-order valence-electron chi connectivity index (χ4n) is 6.44.